The first-order chi connectivity index (χ1) is 10.0. The molecule has 2 N–H and O–H groups in total. The Morgan fingerprint density at radius 2 is 1.67 bits per heavy atom. The zero-order valence-corrected chi connectivity index (χ0v) is 12.3. The van der Waals surface area contributed by atoms with Gasteiger partial charge in [-0.3, -0.25) is 0 Å². The molecule has 0 spiro atoms. The second kappa shape index (κ2) is 5.05. The number of aryl methyl sites for hydroxylation is 3. The van der Waals surface area contributed by atoms with Crippen LogP contribution in [-0.2, 0) is 0 Å². The molecule has 0 atom stereocenters. The van der Waals surface area contributed by atoms with Crippen molar-refractivity contribution in [2.75, 3.05) is 5.73 Å². The second-order valence-corrected chi connectivity index (χ2v) is 5.23. The minimum atomic E-state index is 0.548. The fourth-order valence-corrected chi connectivity index (χ4v) is 2.44. The molecular formula is C17H17N3O. The van der Waals surface area contributed by atoms with E-state index < -0.39 is 0 Å². The molecule has 1 heterocycles. The van der Waals surface area contributed by atoms with Gasteiger partial charge in [0.05, 0.1) is 0 Å². The van der Waals surface area contributed by atoms with E-state index in [0.29, 0.717) is 11.8 Å². The van der Waals surface area contributed by atoms with Crippen LogP contribution in [-0.4, -0.2) is 10.2 Å². The Balaban J connectivity index is 2.08. The summed E-state index contributed by atoms with van der Waals surface area (Å²) in [6, 6.07) is 12.1. The van der Waals surface area contributed by atoms with E-state index >= 15 is 0 Å². The fraction of sp³-hybridized carbons (Fsp3) is 0.176. The lowest BCUT2D eigenvalue weighted by Crippen LogP contribution is -1.91. The zero-order valence-electron chi connectivity index (χ0n) is 12.3. The number of nitrogens with two attached hydrogens (primary N) is 1. The molecule has 0 aliphatic rings. The Morgan fingerprint density at radius 3 is 2.33 bits per heavy atom. The van der Waals surface area contributed by atoms with Crippen LogP contribution in [0.4, 0.5) is 5.69 Å². The summed E-state index contributed by atoms with van der Waals surface area (Å²) in [5, 5.41) is 7.92. The minimum absolute atomic E-state index is 0.548. The number of nitrogen functional groups attached to an aromatic ring is 1. The standard InChI is InChI=1S/C17H17N3O/c1-10-4-6-14(18)9-16(10)15-7-5-13(8-11(15)2)17-20-19-12(3)21-17/h4-9H,18H2,1-3H3. The SMILES string of the molecule is Cc1nnc(-c2ccc(-c3cc(N)ccc3C)c(C)c2)o1. The molecule has 4 nitrogen and oxygen atoms in total. The Hall–Kier alpha value is -2.62. The van der Waals surface area contributed by atoms with Crippen LogP contribution in [0.2, 0.25) is 0 Å². The van der Waals surface area contributed by atoms with Gasteiger partial charge in [0.15, 0.2) is 0 Å². The molecule has 21 heavy (non-hydrogen) atoms. The predicted molar refractivity (Wildman–Crippen MR) is 83.8 cm³/mol. The highest BCUT2D eigenvalue weighted by atomic mass is 16.4. The number of hydrogen-bond acceptors (Lipinski definition) is 4. The molecule has 0 bridgehead atoms. The Morgan fingerprint density at radius 1 is 0.857 bits per heavy atom. The lowest BCUT2D eigenvalue weighted by molar-refractivity contribution is 0.533. The van der Waals surface area contributed by atoms with E-state index in [1.54, 1.807) is 6.92 Å². The highest BCUT2D eigenvalue weighted by Crippen LogP contribution is 2.31. The van der Waals surface area contributed by atoms with E-state index in [1.807, 2.05) is 24.3 Å². The topological polar surface area (TPSA) is 64.9 Å². The smallest absolute Gasteiger partial charge is 0.247 e. The summed E-state index contributed by atoms with van der Waals surface area (Å²) < 4.78 is 5.47. The van der Waals surface area contributed by atoms with E-state index in [4.69, 9.17) is 10.2 Å². The van der Waals surface area contributed by atoms with Crippen molar-refractivity contribution >= 4 is 5.69 Å². The average Bonchev–Trinajstić information content (AvgIpc) is 2.88. The molecule has 0 aliphatic carbocycles. The quantitative estimate of drug-likeness (QED) is 0.722. The zero-order chi connectivity index (χ0) is 15.0. The molecule has 3 aromatic rings. The molecule has 3 rings (SSSR count). The Kier molecular flexibility index (Phi) is 3.22. The molecule has 106 valence electrons. The molecule has 0 saturated heterocycles. The van der Waals surface area contributed by atoms with Gasteiger partial charge < -0.3 is 10.2 Å². The van der Waals surface area contributed by atoms with Gasteiger partial charge in [0.1, 0.15) is 0 Å². The van der Waals surface area contributed by atoms with Crippen molar-refractivity contribution in [1.29, 1.82) is 0 Å². The van der Waals surface area contributed by atoms with Gasteiger partial charge >= 0.3 is 0 Å². The number of rotatable bonds is 2. The van der Waals surface area contributed by atoms with E-state index in [9.17, 15) is 0 Å². The van der Waals surface area contributed by atoms with Crippen molar-refractivity contribution in [2.24, 2.45) is 0 Å². The number of aromatic nitrogens is 2. The van der Waals surface area contributed by atoms with Crippen LogP contribution in [0.15, 0.2) is 40.8 Å². The molecule has 1 aromatic heterocycles. The monoisotopic (exact) mass is 279 g/mol. The molecule has 0 radical (unpaired) electrons. The van der Waals surface area contributed by atoms with E-state index in [-0.39, 0.29) is 0 Å². The lowest BCUT2D eigenvalue weighted by atomic mass is 9.95. The van der Waals surface area contributed by atoms with Gasteiger partial charge in [-0.25, -0.2) is 0 Å². The molecule has 0 aliphatic heterocycles. The van der Waals surface area contributed by atoms with Crippen molar-refractivity contribution in [3.8, 4) is 22.6 Å². The second-order valence-electron chi connectivity index (χ2n) is 5.23. The van der Waals surface area contributed by atoms with Crippen molar-refractivity contribution in [2.45, 2.75) is 20.8 Å². The molecule has 4 heteroatoms. The highest BCUT2D eigenvalue weighted by Gasteiger charge is 2.10. The molecular weight excluding hydrogens is 262 g/mol. The first-order valence-corrected chi connectivity index (χ1v) is 6.82. The summed E-state index contributed by atoms with van der Waals surface area (Å²) >= 11 is 0. The predicted octanol–water partition coefficient (Wildman–Crippen LogP) is 3.91. The van der Waals surface area contributed by atoms with Crippen LogP contribution in [0.3, 0.4) is 0 Å². The summed E-state index contributed by atoms with van der Waals surface area (Å²) in [6.45, 7) is 5.95. The van der Waals surface area contributed by atoms with Gasteiger partial charge in [0.2, 0.25) is 11.8 Å². The maximum atomic E-state index is 5.91. The van der Waals surface area contributed by atoms with E-state index in [1.165, 1.54) is 11.1 Å². The summed E-state index contributed by atoms with van der Waals surface area (Å²) in [4.78, 5) is 0. The normalized spacial score (nSPS) is 10.8. The van der Waals surface area contributed by atoms with Crippen LogP contribution >= 0.6 is 0 Å². The summed E-state index contributed by atoms with van der Waals surface area (Å²) in [6.07, 6.45) is 0. The van der Waals surface area contributed by atoms with Gasteiger partial charge in [0, 0.05) is 18.2 Å². The third-order valence-electron chi connectivity index (χ3n) is 3.55. The van der Waals surface area contributed by atoms with Crippen LogP contribution < -0.4 is 5.73 Å². The average molecular weight is 279 g/mol. The molecule has 0 fully saturated rings. The van der Waals surface area contributed by atoms with Crippen molar-refractivity contribution in [1.82, 2.24) is 10.2 Å². The minimum Gasteiger partial charge on any atom is -0.421 e. The summed E-state index contributed by atoms with van der Waals surface area (Å²) in [7, 11) is 0. The molecule has 2 aromatic carbocycles. The Bertz CT molecular complexity index is 806. The largest absolute Gasteiger partial charge is 0.421 e. The molecule has 0 unspecified atom stereocenters. The van der Waals surface area contributed by atoms with Gasteiger partial charge in [-0.05, 0) is 60.4 Å². The van der Waals surface area contributed by atoms with Crippen molar-refractivity contribution < 1.29 is 4.42 Å². The van der Waals surface area contributed by atoms with Crippen molar-refractivity contribution in [3.05, 3.63) is 53.4 Å². The third kappa shape index (κ3) is 2.52. The third-order valence-corrected chi connectivity index (χ3v) is 3.55. The first kappa shape index (κ1) is 13.4. The number of benzene rings is 2. The van der Waals surface area contributed by atoms with E-state index in [0.717, 1.165) is 22.4 Å². The highest BCUT2D eigenvalue weighted by molar-refractivity contribution is 5.75. The maximum absolute atomic E-state index is 5.91. The van der Waals surface area contributed by atoms with Crippen LogP contribution in [0, 0.1) is 20.8 Å². The van der Waals surface area contributed by atoms with Gasteiger partial charge in [-0.1, -0.05) is 12.1 Å². The first-order valence-electron chi connectivity index (χ1n) is 6.82. The lowest BCUT2D eigenvalue weighted by Gasteiger charge is -2.11. The van der Waals surface area contributed by atoms with Crippen LogP contribution in [0.25, 0.3) is 22.6 Å². The summed E-state index contributed by atoms with van der Waals surface area (Å²) in [5.41, 5.74) is 12.3. The van der Waals surface area contributed by atoms with E-state index in [2.05, 4.69) is 36.2 Å². The van der Waals surface area contributed by atoms with Crippen LogP contribution in [0.5, 0.6) is 0 Å². The summed E-state index contributed by atoms with van der Waals surface area (Å²) in [5.74, 6) is 1.12. The van der Waals surface area contributed by atoms with Crippen molar-refractivity contribution in [3.63, 3.8) is 0 Å². The number of anilines is 1. The Labute approximate surface area is 123 Å². The van der Waals surface area contributed by atoms with Gasteiger partial charge in [0.25, 0.3) is 0 Å². The number of hydrogen-bond donors (Lipinski definition) is 1. The molecule has 0 amide bonds. The molecule has 0 saturated carbocycles. The fourth-order valence-electron chi connectivity index (χ4n) is 2.44. The van der Waals surface area contributed by atoms with Gasteiger partial charge in [-0.2, -0.15) is 0 Å². The maximum Gasteiger partial charge on any atom is 0.247 e. The van der Waals surface area contributed by atoms with Gasteiger partial charge in [-0.15, -0.1) is 10.2 Å². The van der Waals surface area contributed by atoms with Crippen LogP contribution in [0.1, 0.15) is 17.0 Å². The number of nitrogens with zero attached hydrogens (tertiary/aromatic N) is 2.